The van der Waals surface area contributed by atoms with Crippen molar-refractivity contribution in [3.8, 4) is 5.75 Å². The molecule has 0 N–H and O–H groups in total. The Morgan fingerprint density at radius 1 is 0.920 bits per heavy atom. The lowest BCUT2D eigenvalue weighted by atomic mass is 10.2. The normalized spacial score (nSPS) is 10.6. The van der Waals surface area contributed by atoms with Gasteiger partial charge >= 0.3 is 11.9 Å². The van der Waals surface area contributed by atoms with Crippen LogP contribution in [0, 0.1) is 0 Å². The fourth-order valence-corrected chi connectivity index (χ4v) is 2.74. The maximum atomic E-state index is 11.8. The van der Waals surface area contributed by atoms with E-state index in [1.54, 1.807) is 0 Å². The molecule has 0 aliphatic heterocycles. The second-order valence-electron chi connectivity index (χ2n) is 5.66. The fraction of sp³-hybridized carbons (Fsp3) is 0.556. The van der Waals surface area contributed by atoms with Crippen LogP contribution in [0.15, 0.2) is 12.1 Å². The third kappa shape index (κ3) is 9.34. The van der Waals surface area contributed by atoms with Crippen molar-refractivity contribution in [2.24, 2.45) is 0 Å². The number of carbonyl (C=O) groups is 2. The van der Waals surface area contributed by atoms with Gasteiger partial charge in [0.15, 0.2) is 5.75 Å². The molecule has 0 fully saturated rings. The van der Waals surface area contributed by atoms with Crippen LogP contribution in [0.3, 0.4) is 0 Å². The van der Waals surface area contributed by atoms with E-state index in [0.717, 1.165) is 19.3 Å². The zero-order valence-electron chi connectivity index (χ0n) is 14.3. The number of unbranched alkanes of at least 4 members (excludes halogenated alkanes) is 4. The van der Waals surface area contributed by atoms with Gasteiger partial charge in [-0.15, -0.1) is 0 Å². The van der Waals surface area contributed by atoms with E-state index in [9.17, 15) is 9.59 Å². The molecule has 0 aliphatic rings. The van der Waals surface area contributed by atoms with E-state index in [-0.39, 0.29) is 34.6 Å². The monoisotopic (exact) mass is 408 g/mol. The topological polar surface area (TPSA) is 52.6 Å². The van der Waals surface area contributed by atoms with Gasteiger partial charge in [-0.05, 0) is 18.9 Å². The average molecular weight is 410 g/mol. The number of hydrogen-bond donors (Lipinski definition) is 0. The van der Waals surface area contributed by atoms with Crippen LogP contribution in [0.5, 0.6) is 5.75 Å². The number of benzene rings is 1. The predicted octanol–water partition coefficient (Wildman–Crippen LogP) is 6.24. The van der Waals surface area contributed by atoms with Crippen molar-refractivity contribution in [3.05, 3.63) is 27.2 Å². The number of carbonyl (C=O) groups excluding carboxylic acids is 2. The van der Waals surface area contributed by atoms with Crippen LogP contribution in [0.4, 0.5) is 0 Å². The molecule has 0 heterocycles. The van der Waals surface area contributed by atoms with Crippen molar-refractivity contribution in [2.45, 2.75) is 58.3 Å². The van der Waals surface area contributed by atoms with Gasteiger partial charge in [-0.25, -0.2) is 0 Å². The second kappa shape index (κ2) is 12.4. The smallest absolute Gasteiger partial charge is 0.311 e. The van der Waals surface area contributed by atoms with Crippen LogP contribution in [0.25, 0.3) is 0 Å². The van der Waals surface area contributed by atoms with Crippen molar-refractivity contribution in [2.75, 3.05) is 6.61 Å². The minimum atomic E-state index is -0.507. The lowest BCUT2D eigenvalue weighted by Gasteiger charge is -2.08. The molecule has 0 saturated carbocycles. The Bertz CT molecular complexity index is 576. The summed E-state index contributed by atoms with van der Waals surface area (Å²) in [4.78, 5) is 23.4. The summed E-state index contributed by atoms with van der Waals surface area (Å²) >= 11 is 17.7. The molecule has 0 aliphatic carbocycles. The molecule has 25 heavy (non-hydrogen) atoms. The third-order valence-corrected chi connectivity index (χ3v) is 4.46. The molecule has 0 spiro atoms. The van der Waals surface area contributed by atoms with Gasteiger partial charge in [0.25, 0.3) is 0 Å². The highest BCUT2D eigenvalue weighted by Crippen LogP contribution is 2.35. The number of rotatable bonds is 11. The van der Waals surface area contributed by atoms with E-state index in [0.29, 0.717) is 18.1 Å². The maximum absolute atomic E-state index is 11.8. The fourth-order valence-electron chi connectivity index (χ4n) is 2.12. The van der Waals surface area contributed by atoms with E-state index < -0.39 is 5.97 Å². The van der Waals surface area contributed by atoms with Gasteiger partial charge in [-0.3, -0.25) is 9.59 Å². The Morgan fingerprint density at radius 3 is 2.32 bits per heavy atom. The molecule has 7 heteroatoms. The molecule has 0 bridgehead atoms. The van der Waals surface area contributed by atoms with Crippen LogP contribution in [-0.2, 0) is 14.3 Å². The summed E-state index contributed by atoms with van der Waals surface area (Å²) in [6, 6.07) is 2.88. The molecule has 1 aromatic carbocycles. The van der Waals surface area contributed by atoms with E-state index in [2.05, 4.69) is 6.92 Å². The van der Waals surface area contributed by atoms with Gasteiger partial charge in [0.2, 0.25) is 0 Å². The van der Waals surface area contributed by atoms with Gasteiger partial charge in [0.1, 0.15) is 5.02 Å². The Labute approximate surface area is 163 Å². The number of esters is 2. The molecule has 0 saturated heterocycles. The molecule has 140 valence electrons. The third-order valence-electron chi connectivity index (χ3n) is 3.46. The van der Waals surface area contributed by atoms with Crippen molar-refractivity contribution in [1.82, 2.24) is 0 Å². The summed E-state index contributed by atoms with van der Waals surface area (Å²) in [6.45, 7) is 2.59. The summed E-state index contributed by atoms with van der Waals surface area (Å²) < 4.78 is 10.3. The summed E-state index contributed by atoms with van der Waals surface area (Å²) in [5, 5.41) is 0.654. The quantitative estimate of drug-likeness (QED) is 0.188. The van der Waals surface area contributed by atoms with Gasteiger partial charge in [0.05, 0.1) is 11.6 Å². The minimum Gasteiger partial charge on any atom is -0.466 e. The van der Waals surface area contributed by atoms with Gasteiger partial charge < -0.3 is 9.47 Å². The van der Waals surface area contributed by atoms with Crippen molar-refractivity contribution in [3.63, 3.8) is 0 Å². The van der Waals surface area contributed by atoms with Gasteiger partial charge in [-0.1, -0.05) is 67.4 Å². The summed E-state index contributed by atoms with van der Waals surface area (Å²) in [5.41, 5.74) is 0. The number of hydrogen-bond acceptors (Lipinski definition) is 4. The highest BCUT2D eigenvalue weighted by Gasteiger charge is 2.13. The molecule has 0 amide bonds. The standard InChI is InChI=1S/C18H23Cl3O4/c1-2-3-4-5-6-10-24-16(22)8-7-9-17(23)25-15-12-13(19)11-14(20)18(15)21/h11-12H,2-10H2,1H3. The summed E-state index contributed by atoms with van der Waals surface area (Å²) in [5.74, 6) is -0.696. The highest BCUT2D eigenvalue weighted by atomic mass is 35.5. The number of halogens is 3. The molecular weight excluding hydrogens is 387 g/mol. The first kappa shape index (κ1) is 22.1. The van der Waals surface area contributed by atoms with Crippen LogP contribution in [0.2, 0.25) is 15.1 Å². The van der Waals surface area contributed by atoms with Gasteiger partial charge in [-0.2, -0.15) is 0 Å². The molecule has 0 atom stereocenters. The van der Waals surface area contributed by atoms with E-state index in [1.165, 1.54) is 25.0 Å². The Balaban J connectivity index is 2.21. The van der Waals surface area contributed by atoms with Crippen LogP contribution in [-0.4, -0.2) is 18.5 Å². The zero-order valence-corrected chi connectivity index (χ0v) is 16.6. The van der Waals surface area contributed by atoms with Crippen molar-refractivity contribution >= 4 is 46.7 Å². The largest absolute Gasteiger partial charge is 0.466 e. The minimum absolute atomic E-state index is 0.0755. The highest BCUT2D eigenvalue weighted by molar-refractivity contribution is 6.44. The molecule has 1 rings (SSSR count). The van der Waals surface area contributed by atoms with Crippen molar-refractivity contribution < 1.29 is 19.1 Å². The first-order chi connectivity index (χ1) is 11.9. The summed E-state index contributed by atoms with van der Waals surface area (Å²) in [7, 11) is 0. The molecule has 0 unspecified atom stereocenters. The molecule has 1 aromatic rings. The molecule has 0 aromatic heterocycles. The maximum Gasteiger partial charge on any atom is 0.311 e. The van der Waals surface area contributed by atoms with Crippen molar-refractivity contribution in [1.29, 1.82) is 0 Å². The first-order valence-corrected chi connectivity index (χ1v) is 9.58. The molecule has 4 nitrogen and oxygen atoms in total. The van der Waals surface area contributed by atoms with Gasteiger partial charge in [0, 0.05) is 23.9 Å². The van der Waals surface area contributed by atoms with Crippen LogP contribution >= 0.6 is 34.8 Å². The van der Waals surface area contributed by atoms with E-state index in [1.807, 2.05) is 0 Å². The lowest BCUT2D eigenvalue weighted by molar-refractivity contribution is -0.144. The lowest BCUT2D eigenvalue weighted by Crippen LogP contribution is -2.11. The molecular formula is C18H23Cl3O4. The molecule has 0 radical (unpaired) electrons. The average Bonchev–Trinajstić information content (AvgIpc) is 2.55. The summed E-state index contributed by atoms with van der Waals surface area (Å²) in [6.07, 6.45) is 6.09. The predicted molar refractivity (Wildman–Crippen MR) is 101 cm³/mol. The van der Waals surface area contributed by atoms with E-state index >= 15 is 0 Å². The SMILES string of the molecule is CCCCCCCOC(=O)CCCC(=O)Oc1cc(Cl)cc(Cl)c1Cl. The second-order valence-corrected chi connectivity index (χ2v) is 6.88. The van der Waals surface area contributed by atoms with Crippen LogP contribution < -0.4 is 4.74 Å². The Morgan fingerprint density at radius 2 is 1.60 bits per heavy atom. The Hall–Kier alpha value is -0.970. The Kier molecular flexibility index (Phi) is 10.9. The number of ether oxygens (including phenoxy) is 2. The first-order valence-electron chi connectivity index (χ1n) is 8.45. The van der Waals surface area contributed by atoms with Crippen LogP contribution in [0.1, 0.15) is 58.3 Å². The zero-order chi connectivity index (χ0) is 18.7. The van der Waals surface area contributed by atoms with E-state index in [4.69, 9.17) is 44.3 Å².